The van der Waals surface area contributed by atoms with Gasteiger partial charge in [0.25, 0.3) is 0 Å². The van der Waals surface area contributed by atoms with Gasteiger partial charge < -0.3 is 14.8 Å². The number of nitrogens with zero attached hydrogens (tertiary/aromatic N) is 1. The highest BCUT2D eigenvalue weighted by molar-refractivity contribution is 7.92. The molecule has 11 heteroatoms. The molecule has 31 heavy (non-hydrogen) atoms. The van der Waals surface area contributed by atoms with Crippen LogP contribution >= 0.6 is 23.2 Å². The van der Waals surface area contributed by atoms with Gasteiger partial charge in [-0.3, -0.25) is 9.10 Å². The Bertz CT molecular complexity index is 1090. The lowest BCUT2D eigenvalue weighted by molar-refractivity contribution is -0.116. The summed E-state index contributed by atoms with van der Waals surface area (Å²) in [4.78, 5) is 24.7. The molecule has 2 rings (SSSR count). The standard InChI is InChI=1S/C20H22Cl2N2O6S/c1-5-30-20(26)15-8-7-14(11-16(15)22)23-19(25)12(2)24(31(4,27)28)17-10-13(21)6-9-18(17)29-3/h6-12H,5H2,1-4H3,(H,23,25). The van der Waals surface area contributed by atoms with E-state index in [9.17, 15) is 18.0 Å². The van der Waals surface area contributed by atoms with Gasteiger partial charge in [0.15, 0.2) is 0 Å². The minimum absolute atomic E-state index is 0.0837. The maximum Gasteiger partial charge on any atom is 0.339 e. The fraction of sp³-hybridized carbons (Fsp3) is 0.300. The van der Waals surface area contributed by atoms with Gasteiger partial charge >= 0.3 is 5.97 Å². The first-order chi connectivity index (χ1) is 14.5. The van der Waals surface area contributed by atoms with Crippen LogP contribution in [0.2, 0.25) is 10.0 Å². The molecule has 168 valence electrons. The molecule has 0 aliphatic carbocycles. The van der Waals surface area contributed by atoms with Gasteiger partial charge in [-0.05, 0) is 50.2 Å². The van der Waals surface area contributed by atoms with E-state index in [0.717, 1.165) is 10.6 Å². The summed E-state index contributed by atoms with van der Waals surface area (Å²) in [6, 6.07) is 7.55. The first-order valence-corrected chi connectivity index (χ1v) is 11.7. The van der Waals surface area contributed by atoms with E-state index in [1.54, 1.807) is 13.0 Å². The van der Waals surface area contributed by atoms with Crippen LogP contribution in [0, 0.1) is 0 Å². The van der Waals surface area contributed by atoms with Crippen LogP contribution in [0.25, 0.3) is 0 Å². The highest BCUT2D eigenvalue weighted by Gasteiger charge is 2.31. The number of carbonyl (C=O) groups is 2. The van der Waals surface area contributed by atoms with Crippen LogP contribution in [0.3, 0.4) is 0 Å². The number of amides is 1. The quantitative estimate of drug-likeness (QED) is 0.563. The third-order valence-corrected chi connectivity index (χ3v) is 5.97. The number of hydrogen-bond donors (Lipinski definition) is 1. The zero-order valence-corrected chi connectivity index (χ0v) is 19.6. The molecule has 0 aliphatic rings. The Balaban J connectivity index is 2.34. The van der Waals surface area contributed by atoms with Gasteiger partial charge in [0, 0.05) is 10.7 Å². The Morgan fingerprint density at radius 3 is 2.39 bits per heavy atom. The third kappa shape index (κ3) is 6.03. The molecule has 1 unspecified atom stereocenters. The number of methoxy groups -OCH3 is 1. The predicted molar refractivity (Wildman–Crippen MR) is 121 cm³/mol. The van der Waals surface area contributed by atoms with E-state index in [4.69, 9.17) is 32.7 Å². The highest BCUT2D eigenvalue weighted by atomic mass is 35.5. The fourth-order valence-electron chi connectivity index (χ4n) is 2.83. The lowest BCUT2D eigenvalue weighted by Crippen LogP contribution is -2.45. The lowest BCUT2D eigenvalue weighted by Gasteiger charge is -2.29. The average Bonchev–Trinajstić information content (AvgIpc) is 2.67. The molecule has 1 N–H and O–H groups in total. The van der Waals surface area contributed by atoms with E-state index in [1.165, 1.54) is 44.4 Å². The van der Waals surface area contributed by atoms with E-state index in [1.807, 2.05) is 0 Å². The summed E-state index contributed by atoms with van der Waals surface area (Å²) in [5.74, 6) is -0.987. The van der Waals surface area contributed by atoms with Crippen molar-refractivity contribution in [1.29, 1.82) is 0 Å². The second-order valence-corrected chi connectivity index (χ2v) is 9.16. The smallest absolute Gasteiger partial charge is 0.339 e. The van der Waals surface area contributed by atoms with Gasteiger partial charge in [0.2, 0.25) is 15.9 Å². The number of rotatable bonds is 8. The van der Waals surface area contributed by atoms with Crippen LogP contribution < -0.4 is 14.4 Å². The van der Waals surface area contributed by atoms with Gasteiger partial charge in [-0.15, -0.1) is 0 Å². The van der Waals surface area contributed by atoms with Crippen LogP contribution in [0.15, 0.2) is 36.4 Å². The first-order valence-electron chi connectivity index (χ1n) is 9.10. The van der Waals surface area contributed by atoms with Crippen molar-refractivity contribution in [2.45, 2.75) is 19.9 Å². The fourth-order valence-corrected chi connectivity index (χ4v) is 4.42. The zero-order valence-electron chi connectivity index (χ0n) is 17.3. The summed E-state index contributed by atoms with van der Waals surface area (Å²) in [6.45, 7) is 3.29. The zero-order chi connectivity index (χ0) is 23.3. The second-order valence-electron chi connectivity index (χ2n) is 6.46. The van der Waals surface area contributed by atoms with Gasteiger partial charge in [0.05, 0.1) is 36.2 Å². The van der Waals surface area contributed by atoms with Crippen molar-refractivity contribution in [2.75, 3.05) is 29.6 Å². The van der Waals surface area contributed by atoms with Crippen LogP contribution in [-0.4, -0.2) is 46.3 Å². The predicted octanol–water partition coefficient (Wildman–Crippen LogP) is 3.97. The molecule has 1 amide bonds. The SMILES string of the molecule is CCOC(=O)c1ccc(NC(=O)C(C)N(c2cc(Cl)ccc2OC)S(C)(=O)=O)cc1Cl. The van der Waals surface area contributed by atoms with Gasteiger partial charge in [-0.25, -0.2) is 13.2 Å². The van der Waals surface area contributed by atoms with E-state index >= 15 is 0 Å². The maximum absolute atomic E-state index is 12.9. The van der Waals surface area contributed by atoms with E-state index in [0.29, 0.717) is 0 Å². The minimum atomic E-state index is -3.89. The van der Waals surface area contributed by atoms with Crippen LogP contribution in [0.5, 0.6) is 5.75 Å². The Hall–Kier alpha value is -2.49. The third-order valence-electron chi connectivity index (χ3n) is 4.20. The molecule has 0 aliphatic heterocycles. The highest BCUT2D eigenvalue weighted by Crippen LogP contribution is 2.34. The summed E-state index contributed by atoms with van der Waals surface area (Å²) in [5.41, 5.74) is 0.549. The number of carbonyl (C=O) groups excluding carboxylic acids is 2. The van der Waals surface area contributed by atoms with Crippen LogP contribution in [-0.2, 0) is 19.6 Å². The normalized spacial score (nSPS) is 12.1. The molecule has 0 heterocycles. The van der Waals surface area contributed by atoms with Crippen molar-refractivity contribution in [1.82, 2.24) is 0 Å². The summed E-state index contributed by atoms with van der Waals surface area (Å²) in [6.07, 6.45) is 0.974. The van der Waals surface area contributed by atoms with Gasteiger partial charge in [-0.2, -0.15) is 0 Å². The molecule has 0 aromatic heterocycles. The van der Waals surface area contributed by atoms with Gasteiger partial charge in [-0.1, -0.05) is 23.2 Å². The summed E-state index contributed by atoms with van der Waals surface area (Å²) < 4.78 is 36.1. The Morgan fingerprint density at radius 1 is 1.16 bits per heavy atom. The minimum Gasteiger partial charge on any atom is -0.495 e. The second kappa shape index (κ2) is 10.2. The maximum atomic E-state index is 12.9. The average molecular weight is 489 g/mol. The lowest BCUT2D eigenvalue weighted by atomic mass is 10.2. The Kier molecular flexibility index (Phi) is 8.16. The van der Waals surface area contributed by atoms with E-state index < -0.39 is 27.9 Å². The molecular formula is C20H22Cl2N2O6S. The number of benzene rings is 2. The number of esters is 1. The summed E-state index contributed by atoms with van der Waals surface area (Å²) >= 11 is 12.2. The molecule has 1 atom stereocenters. The van der Waals surface area contributed by atoms with Crippen molar-refractivity contribution in [3.63, 3.8) is 0 Å². The van der Waals surface area contributed by atoms with Crippen molar-refractivity contribution >= 4 is 56.5 Å². The summed E-state index contributed by atoms with van der Waals surface area (Å²) in [5, 5.41) is 2.96. The molecule has 0 fully saturated rings. The first kappa shape index (κ1) is 24.8. The molecule has 0 saturated carbocycles. The van der Waals surface area contributed by atoms with E-state index in [2.05, 4.69) is 5.32 Å². The van der Waals surface area contributed by atoms with Crippen LogP contribution in [0.1, 0.15) is 24.2 Å². The monoisotopic (exact) mass is 488 g/mol. The van der Waals surface area contributed by atoms with Crippen molar-refractivity contribution in [3.8, 4) is 5.75 Å². The van der Waals surface area contributed by atoms with Crippen LogP contribution in [0.4, 0.5) is 11.4 Å². The topological polar surface area (TPSA) is 102 Å². The van der Waals surface area contributed by atoms with Crippen molar-refractivity contribution < 1.29 is 27.5 Å². The number of sulfonamides is 1. The molecule has 2 aromatic carbocycles. The van der Waals surface area contributed by atoms with Gasteiger partial charge in [0.1, 0.15) is 11.8 Å². The van der Waals surface area contributed by atoms with Crippen molar-refractivity contribution in [3.05, 3.63) is 52.0 Å². The molecule has 8 nitrogen and oxygen atoms in total. The number of hydrogen-bond acceptors (Lipinski definition) is 6. The molecule has 0 bridgehead atoms. The largest absolute Gasteiger partial charge is 0.495 e. The number of nitrogens with one attached hydrogen (secondary N) is 1. The van der Waals surface area contributed by atoms with Crippen molar-refractivity contribution in [2.24, 2.45) is 0 Å². The molecule has 0 spiro atoms. The molecule has 0 radical (unpaired) electrons. The number of anilines is 2. The molecule has 0 saturated heterocycles. The van der Waals surface area contributed by atoms with E-state index in [-0.39, 0.29) is 39.3 Å². The number of halogens is 2. The molecule has 2 aromatic rings. The Labute approximate surface area is 191 Å². The summed E-state index contributed by atoms with van der Waals surface area (Å²) in [7, 11) is -2.51. The number of ether oxygens (including phenoxy) is 2. The Morgan fingerprint density at radius 2 is 1.84 bits per heavy atom. The molecular weight excluding hydrogens is 467 g/mol.